The van der Waals surface area contributed by atoms with Crippen LogP contribution in [0.15, 0.2) is 24.3 Å². The van der Waals surface area contributed by atoms with Crippen LogP contribution in [0.25, 0.3) is 5.57 Å². The fourth-order valence-electron chi connectivity index (χ4n) is 2.97. The van der Waals surface area contributed by atoms with Crippen molar-refractivity contribution in [2.75, 3.05) is 13.2 Å². The molecule has 2 aliphatic rings. The first-order valence-corrected chi connectivity index (χ1v) is 7.76. The summed E-state index contributed by atoms with van der Waals surface area (Å²) >= 11 is 0. The number of hydrogen-bond donors (Lipinski definition) is 0. The Bertz CT molecular complexity index is 639. The topological polar surface area (TPSA) is 51.7 Å². The van der Waals surface area contributed by atoms with Crippen molar-refractivity contribution in [2.45, 2.75) is 44.9 Å². The fourth-order valence-corrected chi connectivity index (χ4v) is 2.97. The molecule has 0 radical (unpaired) electrons. The van der Waals surface area contributed by atoms with Gasteiger partial charge in [-0.25, -0.2) is 9.78 Å². The molecule has 0 spiro atoms. The molecule has 6 heteroatoms. The fraction of sp³-hybridized carbons (Fsp3) is 0.529. The highest BCUT2D eigenvalue weighted by Crippen LogP contribution is 2.32. The summed E-state index contributed by atoms with van der Waals surface area (Å²) in [7, 11) is 0. The Morgan fingerprint density at radius 3 is 2.83 bits per heavy atom. The van der Waals surface area contributed by atoms with Crippen LogP contribution in [0.1, 0.15) is 32.9 Å². The third kappa shape index (κ3) is 3.52. The first kappa shape index (κ1) is 15.9. The first-order valence-electron chi connectivity index (χ1n) is 7.76. The van der Waals surface area contributed by atoms with Crippen molar-refractivity contribution in [1.82, 2.24) is 9.88 Å². The number of aromatic nitrogens is 1. The average Bonchev–Trinajstić information content (AvgIpc) is 2.44. The highest BCUT2D eigenvalue weighted by Gasteiger charge is 2.40. The van der Waals surface area contributed by atoms with E-state index in [1.807, 2.05) is 26.8 Å². The minimum atomic E-state index is -0.541. The second-order valence-electron chi connectivity index (χ2n) is 6.89. The van der Waals surface area contributed by atoms with E-state index in [0.717, 1.165) is 5.57 Å². The smallest absolute Gasteiger partial charge is 0.411 e. The van der Waals surface area contributed by atoms with Gasteiger partial charge in [-0.05, 0) is 44.9 Å². The maximum absolute atomic E-state index is 13.4. The lowest BCUT2D eigenvalue weighted by Crippen LogP contribution is -2.57. The zero-order valence-corrected chi connectivity index (χ0v) is 13.6. The normalized spacial score (nSPS) is 24.2. The van der Waals surface area contributed by atoms with Gasteiger partial charge < -0.3 is 9.47 Å². The largest absolute Gasteiger partial charge is 0.444 e. The number of rotatable bonds is 1. The number of halogens is 1. The number of amides is 1. The van der Waals surface area contributed by atoms with Gasteiger partial charge in [0.25, 0.3) is 0 Å². The van der Waals surface area contributed by atoms with E-state index in [4.69, 9.17) is 9.47 Å². The molecule has 1 amide bonds. The summed E-state index contributed by atoms with van der Waals surface area (Å²) in [5, 5.41) is 0. The van der Waals surface area contributed by atoms with Crippen molar-refractivity contribution in [3.05, 3.63) is 35.9 Å². The maximum Gasteiger partial charge on any atom is 0.411 e. The molecule has 3 rings (SSSR count). The van der Waals surface area contributed by atoms with Crippen molar-refractivity contribution in [3.8, 4) is 0 Å². The molecule has 2 unspecified atom stereocenters. The number of fused-ring (bicyclic) bond motifs is 2. The maximum atomic E-state index is 13.4. The Labute approximate surface area is 135 Å². The van der Waals surface area contributed by atoms with Crippen LogP contribution in [0.3, 0.4) is 0 Å². The predicted molar refractivity (Wildman–Crippen MR) is 83.3 cm³/mol. The molecule has 2 aliphatic heterocycles. The number of nitrogens with zero attached hydrogens (tertiary/aromatic N) is 2. The molecule has 0 aromatic carbocycles. The van der Waals surface area contributed by atoms with Crippen LogP contribution in [0, 0.1) is 5.95 Å². The molecule has 2 atom stereocenters. The summed E-state index contributed by atoms with van der Waals surface area (Å²) in [6.45, 7) is 6.40. The van der Waals surface area contributed by atoms with Gasteiger partial charge in [-0.2, -0.15) is 4.39 Å². The van der Waals surface area contributed by atoms with Crippen molar-refractivity contribution < 1.29 is 18.7 Å². The van der Waals surface area contributed by atoms with Crippen molar-refractivity contribution in [3.63, 3.8) is 0 Å². The number of morpholine rings is 1. The summed E-state index contributed by atoms with van der Waals surface area (Å²) in [6.07, 6.45) is 2.17. The molecular weight excluding hydrogens is 299 g/mol. The Kier molecular flexibility index (Phi) is 4.10. The van der Waals surface area contributed by atoms with E-state index in [1.54, 1.807) is 17.0 Å². The minimum absolute atomic E-state index is 0.117. The van der Waals surface area contributed by atoms with E-state index < -0.39 is 11.5 Å². The number of ether oxygens (including phenoxy) is 2. The molecule has 124 valence electrons. The zero-order valence-electron chi connectivity index (χ0n) is 13.6. The van der Waals surface area contributed by atoms with Gasteiger partial charge in [0, 0.05) is 0 Å². The molecule has 0 N–H and O–H groups in total. The van der Waals surface area contributed by atoms with Gasteiger partial charge >= 0.3 is 6.09 Å². The van der Waals surface area contributed by atoms with Gasteiger partial charge in [0.05, 0.1) is 31.0 Å². The van der Waals surface area contributed by atoms with Gasteiger partial charge in [0.15, 0.2) is 0 Å². The van der Waals surface area contributed by atoms with Gasteiger partial charge in [-0.15, -0.1) is 0 Å². The summed E-state index contributed by atoms with van der Waals surface area (Å²) in [5.41, 5.74) is 1.02. The summed E-state index contributed by atoms with van der Waals surface area (Å²) < 4.78 is 24.4. The number of carbonyl (C=O) groups is 1. The quantitative estimate of drug-likeness (QED) is 0.746. The van der Waals surface area contributed by atoms with E-state index in [1.165, 1.54) is 6.07 Å². The Hall–Kier alpha value is -1.95. The molecule has 5 nitrogen and oxygen atoms in total. The summed E-state index contributed by atoms with van der Waals surface area (Å²) in [5.74, 6) is -0.501. The molecular formula is C17H21FN2O3. The number of pyridine rings is 1. The van der Waals surface area contributed by atoms with Crippen LogP contribution in [0.2, 0.25) is 0 Å². The predicted octanol–water partition coefficient (Wildman–Crippen LogP) is 3.01. The zero-order chi connectivity index (χ0) is 16.6. The van der Waals surface area contributed by atoms with E-state index in [9.17, 15) is 9.18 Å². The molecule has 0 saturated carbocycles. The number of carbonyl (C=O) groups excluding carboxylic acids is 1. The van der Waals surface area contributed by atoms with Crippen LogP contribution in [-0.2, 0) is 9.47 Å². The van der Waals surface area contributed by atoms with E-state index in [2.05, 4.69) is 4.98 Å². The van der Waals surface area contributed by atoms with E-state index in [-0.39, 0.29) is 18.2 Å². The molecule has 1 aromatic heterocycles. The Balaban J connectivity index is 1.86. The van der Waals surface area contributed by atoms with E-state index in [0.29, 0.717) is 25.3 Å². The minimum Gasteiger partial charge on any atom is -0.444 e. The van der Waals surface area contributed by atoms with Crippen LogP contribution in [-0.4, -0.2) is 46.9 Å². The first-order chi connectivity index (χ1) is 10.8. The van der Waals surface area contributed by atoms with E-state index >= 15 is 0 Å². The average molecular weight is 320 g/mol. The summed E-state index contributed by atoms with van der Waals surface area (Å²) in [6, 6.07) is 4.43. The molecule has 2 bridgehead atoms. The Morgan fingerprint density at radius 2 is 2.17 bits per heavy atom. The van der Waals surface area contributed by atoms with Crippen molar-refractivity contribution in [2.24, 2.45) is 0 Å². The molecule has 23 heavy (non-hydrogen) atoms. The van der Waals surface area contributed by atoms with Crippen molar-refractivity contribution >= 4 is 11.7 Å². The lowest BCUT2D eigenvalue weighted by molar-refractivity contribution is -0.0511. The van der Waals surface area contributed by atoms with Crippen LogP contribution in [0.5, 0.6) is 0 Å². The standard InChI is InChI=1S/C17H21FN2O3/c1-17(2,3)23-16(21)20-12-7-11(8-13(20)10-22-9-12)14-5-4-6-15(18)19-14/h4-7,12-13H,8-10H2,1-3H3. The lowest BCUT2D eigenvalue weighted by Gasteiger charge is -2.44. The van der Waals surface area contributed by atoms with Gasteiger partial charge in [-0.1, -0.05) is 12.1 Å². The molecule has 3 heterocycles. The lowest BCUT2D eigenvalue weighted by atomic mass is 9.92. The monoisotopic (exact) mass is 320 g/mol. The SMILES string of the molecule is CC(C)(C)OC(=O)N1C2C=C(c3cccc(F)n3)CC1COC2. The van der Waals surface area contributed by atoms with Crippen LogP contribution < -0.4 is 0 Å². The molecule has 1 fully saturated rings. The number of hydrogen-bond acceptors (Lipinski definition) is 4. The molecule has 1 saturated heterocycles. The van der Waals surface area contributed by atoms with Gasteiger partial charge in [0.1, 0.15) is 5.60 Å². The van der Waals surface area contributed by atoms with Crippen LogP contribution >= 0.6 is 0 Å². The van der Waals surface area contributed by atoms with Crippen LogP contribution in [0.4, 0.5) is 9.18 Å². The third-order valence-electron chi connectivity index (χ3n) is 3.85. The van der Waals surface area contributed by atoms with Gasteiger partial charge in [0.2, 0.25) is 5.95 Å². The highest BCUT2D eigenvalue weighted by molar-refractivity contribution is 5.74. The molecule has 0 aliphatic carbocycles. The van der Waals surface area contributed by atoms with Gasteiger partial charge in [-0.3, -0.25) is 4.90 Å². The second-order valence-corrected chi connectivity index (χ2v) is 6.89. The second kappa shape index (κ2) is 5.92. The highest BCUT2D eigenvalue weighted by atomic mass is 19.1. The summed E-state index contributed by atoms with van der Waals surface area (Å²) in [4.78, 5) is 18.1. The molecule has 1 aromatic rings. The Morgan fingerprint density at radius 1 is 1.39 bits per heavy atom. The van der Waals surface area contributed by atoms with Crippen molar-refractivity contribution in [1.29, 1.82) is 0 Å². The third-order valence-corrected chi connectivity index (χ3v) is 3.85.